The minimum absolute atomic E-state index is 0.0669. The van der Waals surface area contributed by atoms with Crippen molar-refractivity contribution in [2.45, 2.75) is 76.8 Å². The van der Waals surface area contributed by atoms with Crippen LogP contribution in [0, 0.1) is 0 Å². The van der Waals surface area contributed by atoms with Gasteiger partial charge in [-0.1, -0.05) is 26.2 Å². The van der Waals surface area contributed by atoms with Gasteiger partial charge in [0, 0.05) is 6.04 Å². The molecule has 0 amide bonds. The van der Waals surface area contributed by atoms with Gasteiger partial charge in [0.2, 0.25) is 0 Å². The van der Waals surface area contributed by atoms with E-state index in [1.165, 1.54) is 0 Å². The Balaban J connectivity index is 2.55. The molecule has 108 valence electrons. The third kappa shape index (κ3) is 5.14. The van der Waals surface area contributed by atoms with Gasteiger partial charge in [-0.3, -0.25) is 0 Å². The molecule has 0 aliphatic heterocycles. The van der Waals surface area contributed by atoms with Crippen LogP contribution >= 0.6 is 0 Å². The molecule has 3 atom stereocenters. The van der Waals surface area contributed by atoms with E-state index in [1.54, 1.807) is 0 Å². The van der Waals surface area contributed by atoms with Gasteiger partial charge in [-0.15, -0.1) is 0 Å². The first kappa shape index (κ1) is 15.8. The van der Waals surface area contributed by atoms with E-state index in [4.69, 9.17) is 4.74 Å². The maximum Gasteiger partial charge on any atom is 0.414 e. The van der Waals surface area contributed by atoms with Crippen molar-refractivity contribution in [2.75, 3.05) is 6.54 Å². The summed E-state index contributed by atoms with van der Waals surface area (Å²) in [5.41, 5.74) is 0. The third-order valence-electron chi connectivity index (χ3n) is 3.45. The van der Waals surface area contributed by atoms with Crippen LogP contribution in [0.1, 0.15) is 52.4 Å². The number of hydrogen-bond acceptors (Lipinski definition) is 2. The van der Waals surface area contributed by atoms with E-state index >= 15 is 0 Å². The molecule has 1 rings (SSSR count). The Bertz CT molecular complexity index is 233. The second-order valence-corrected chi connectivity index (χ2v) is 5.06. The first-order chi connectivity index (χ1) is 8.45. The second-order valence-electron chi connectivity index (χ2n) is 5.06. The van der Waals surface area contributed by atoms with Crippen LogP contribution < -0.4 is 5.32 Å². The Labute approximate surface area is 107 Å². The Morgan fingerprint density at radius 1 is 1.22 bits per heavy atom. The minimum atomic E-state index is -4.26. The highest BCUT2D eigenvalue weighted by molar-refractivity contribution is 4.81. The summed E-state index contributed by atoms with van der Waals surface area (Å²) in [5, 5.41) is 3.33. The van der Waals surface area contributed by atoms with Gasteiger partial charge in [-0.05, 0) is 32.7 Å². The SMILES string of the molecule is CCCNC1CCCCCC1OC(C)C(F)(F)F. The first-order valence-corrected chi connectivity index (χ1v) is 6.90. The van der Waals surface area contributed by atoms with E-state index in [-0.39, 0.29) is 12.1 Å². The van der Waals surface area contributed by atoms with Gasteiger partial charge in [0.25, 0.3) is 0 Å². The lowest BCUT2D eigenvalue weighted by molar-refractivity contribution is -0.229. The lowest BCUT2D eigenvalue weighted by Gasteiger charge is -2.30. The van der Waals surface area contributed by atoms with Crippen molar-refractivity contribution in [1.29, 1.82) is 0 Å². The molecule has 0 radical (unpaired) electrons. The van der Waals surface area contributed by atoms with E-state index in [9.17, 15) is 13.2 Å². The number of halogens is 3. The standard InChI is InChI=1S/C13H24F3NO/c1-3-9-17-11-7-5-4-6-8-12(11)18-10(2)13(14,15)16/h10-12,17H,3-9H2,1-2H3. The fourth-order valence-electron chi connectivity index (χ4n) is 2.34. The van der Waals surface area contributed by atoms with Crippen LogP contribution in [0.3, 0.4) is 0 Å². The normalized spacial score (nSPS) is 27.8. The summed E-state index contributed by atoms with van der Waals surface area (Å²) in [5.74, 6) is 0. The van der Waals surface area contributed by atoms with Crippen molar-refractivity contribution in [1.82, 2.24) is 5.32 Å². The second kappa shape index (κ2) is 7.34. The van der Waals surface area contributed by atoms with Gasteiger partial charge in [0.05, 0.1) is 6.10 Å². The van der Waals surface area contributed by atoms with E-state index in [0.29, 0.717) is 0 Å². The molecule has 0 aromatic rings. The van der Waals surface area contributed by atoms with Crippen LogP contribution in [0.15, 0.2) is 0 Å². The van der Waals surface area contributed by atoms with Crippen molar-refractivity contribution in [3.05, 3.63) is 0 Å². The molecule has 0 saturated heterocycles. The topological polar surface area (TPSA) is 21.3 Å². The lowest BCUT2D eigenvalue weighted by atomic mass is 10.1. The molecule has 1 fully saturated rings. The summed E-state index contributed by atoms with van der Waals surface area (Å²) >= 11 is 0. The van der Waals surface area contributed by atoms with Crippen LogP contribution in [-0.4, -0.2) is 31.0 Å². The Morgan fingerprint density at radius 2 is 1.89 bits per heavy atom. The van der Waals surface area contributed by atoms with Crippen LogP contribution in [0.4, 0.5) is 13.2 Å². The summed E-state index contributed by atoms with van der Waals surface area (Å²) in [6, 6.07) is 0.0669. The first-order valence-electron chi connectivity index (χ1n) is 6.90. The van der Waals surface area contributed by atoms with Crippen LogP contribution in [0.2, 0.25) is 0 Å². The van der Waals surface area contributed by atoms with Crippen LogP contribution in [0.5, 0.6) is 0 Å². The Morgan fingerprint density at radius 3 is 2.50 bits per heavy atom. The average molecular weight is 267 g/mol. The highest BCUT2D eigenvalue weighted by atomic mass is 19.4. The Hall–Kier alpha value is -0.290. The maximum absolute atomic E-state index is 12.5. The summed E-state index contributed by atoms with van der Waals surface area (Å²) in [6.45, 7) is 3.99. The fraction of sp³-hybridized carbons (Fsp3) is 1.00. The van der Waals surface area contributed by atoms with Crippen molar-refractivity contribution in [3.8, 4) is 0 Å². The quantitative estimate of drug-likeness (QED) is 0.768. The average Bonchev–Trinajstić information content (AvgIpc) is 2.50. The van der Waals surface area contributed by atoms with Crippen molar-refractivity contribution in [3.63, 3.8) is 0 Å². The molecule has 0 spiro atoms. The van der Waals surface area contributed by atoms with Gasteiger partial charge in [0.15, 0.2) is 6.10 Å². The van der Waals surface area contributed by atoms with Crippen molar-refractivity contribution < 1.29 is 17.9 Å². The van der Waals surface area contributed by atoms with E-state index < -0.39 is 12.3 Å². The summed E-state index contributed by atoms with van der Waals surface area (Å²) in [6.07, 6.45) is -0.509. The molecule has 1 aliphatic carbocycles. The Kier molecular flexibility index (Phi) is 6.43. The predicted molar refractivity (Wildman–Crippen MR) is 65.6 cm³/mol. The predicted octanol–water partition coefficient (Wildman–Crippen LogP) is 3.65. The fourth-order valence-corrected chi connectivity index (χ4v) is 2.34. The highest BCUT2D eigenvalue weighted by Gasteiger charge is 2.39. The maximum atomic E-state index is 12.5. The van der Waals surface area contributed by atoms with Crippen LogP contribution in [-0.2, 0) is 4.74 Å². The van der Waals surface area contributed by atoms with Gasteiger partial charge in [-0.2, -0.15) is 13.2 Å². The molecule has 0 aromatic carbocycles. The number of alkyl halides is 3. The highest BCUT2D eigenvalue weighted by Crippen LogP contribution is 2.28. The summed E-state index contributed by atoms with van der Waals surface area (Å²) in [4.78, 5) is 0. The van der Waals surface area contributed by atoms with Crippen LogP contribution in [0.25, 0.3) is 0 Å². The van der Waals surface area contributed by atoms with Crippen molar-refractivity contribution >= 4 is 0 Å². The largest absolute Gasteiger partial charge is 0.414 e. The molecule has 0 aromatic heterocycles. The van der Waals surface area contributed by atoms with Crippen molar-refractivity contribution in [2.24, 2.45) is 0 Å². The van der Waals surface area contributed by atoms with Gasteiger partial charge < -0.3 is 10.1 Å². The van der Waals surface area contributed by atoms with Gasteiger partial charge in [0.1, 0.15) is 0 Å². The van der Waals surface area contributed by atoms with E-state index in [0.717, 1.165) is 52.0 Å². The zero-order chi connectivity index (χ0) is 13.6. The van der Waals surface area contributed by atoms with Gasteiger partial charge >= 0.3 is 6.18 Å². The monoisotopic (exact) mass is 267 g/mol. The minimum Gasteiger partial charge on any atom is -0.364 e. The zero-order valence-electron chi connectivity index (χ0n) is 11.2. The molecular weight excluding hydrogens is 243 g/mol. The molecule has 0 bridgehead atoms. The molecule has 3 unspecified atom stereocenters. The third-order valence-corrected chi connectivity index (χ3v) is 3.45. The smallest absolute Gasteiger partial charge is 0.364 e. The molecule has 0 heterocycles. The molecular formula is C13H24F3NO. The molecule has 5 heteroatoms. The molecule has 1 aliphatic rings. The zero-order valence-corrected chi connectivity index (χ0v) is 11.2. The van der Waals surface area contributed by atoms with E-state index in [1.807, 2.05) is 0 Å². The molecule has 2 nitrogen and oxygen atoms in total. The number of rotatable bonds is 5. The number of nitrogens with one attached hydrogen (secondary N) is 1. The van der Waals surface area contributed by atoms with Gasteiger partial charge in [-0.25, -0.2) is 0 Å². The lowest BCUT2D eigenvalue weighted by Crippen LogP contribution is -2.44. The molecule has 1 N–H and O–H groups in total. The molecule has 1 saturated carbocycles. The van der Waals surface area contributed by atoms with E-state index in [2.05, 4.69) is 12.2 Å². The number of hydrogen-bond donors (Lipinski definition) is 1. The summed E-state index contributed by atoms with van der Waals surface area (Å²) < 4.78 is 42.9. The number of ether oxygens (including phenoxy) is 1. The summed E-state index contributed by atoms with van der Waals surface area (Å²) in [7, 11) is 0. The molecule has 18 heavy (non-hydrogen) atoms.